The van der Waals surface area contributed by atoms with E-state index in [0.29, 0.717) is 15.9 Å². The number of hydrogen-bond donors (Lipinski definition) is 1. The summed E-state index contributed by atoms with van der Waals surface area (Å²) in [6.45, 7) is 2.65. The molecule has 0 bridgehead atoms. The normalized spacial score (nSPS) is 15.2. The lowest BCUT2D eigenvalue weighted by atomic mass is 10.1. The smallest absolute Gasteiger partial charge is 0.352 e. The highest BCUT2D eigenvalue weighted by atomic mass is 35.5. The molecule has 1 fully saturated rings. The van der Waals surface area contributed by atoms with Gasteiger partial charge >= 0.3 is 6.18 Å². The second kappa shape index (κ2) is 11.9. The second-order valence-corrected chi connectivity index (χ2v) is 11.9. The van der Waals surface area contributed by atoms with E-state index < -0.39 is 45.3 Å². The van der Waals surface area contributed by atoms with Crippen LogP contribution < -0.4 is 9.62 Å². The Morgan fingerprint density at radius 3 is 2.26 bits per heavy atom. The van der Waals surface area contributed by atoms with E-state index in [1.165, 1.54) is 4.90 Å². The van der Waals surface area contributed by atoms with Gasteiger partial charge in [-0.3, -0.25) is 13.9 Å². The maximum Gasteiger partial charge on any atom is 0.417 e. The van der Waals surface area contributed by atoms with Gasteiger partial charge in [-0.25, -0.2) is 8.42 Å². The van der Waals surface area contributed by atoms with Crippen molar-refractivity contribution < 1.29 is 31.2 Å². The monoisotopic (exact) mass is 573 g/mol. The van der Waals surface area contributed by atoms with Gasteiger partial charge in [-0.1, -0.05) is 54.3 Å². The third-order valence-electron chi connectivity index (χ3n) is 6.56. The Balaban J connectivity index is 1.93. The summed E-state index contributed by atoms with van der Waals surface area (Å²) in [5.41, 5.74) is 0.112. The number of nitrogens with one attached hydrogen (secondary N) is 1. The number of halogens is 4. The number of nitrogens with zero attached hydrogens (tertiary/aromatic N) is 2. The van der Waals surface area contributed by atoms with E-state index >= 15 is 0 Å². The zero-order chi connectivity index (χ0) is 28.3. The molecule has 1 aliphatic rings. The highest BCUT2D eigenvalue weighted by molar-refractivity contribution is 7.92. The fourth-order valence-electron chi connectivity index (χ4n) is 4.36. The van der Waals surface area contributed by atoms with Crippen molar-refractivity contribution in [2.45, 2.75) is 64.3 Å². The Morgan fingerprint density at radius 2 is 1.71 bits per heavy atom. The Hall–Kier alpha value is -2.79. The molecule has 1 saturated carbocycles. The van der Waals surface area contributed by atoms with Gasteiger partial charge in [-0.2, -0.15) is 13.2 Å². The number of benzene rings is 2. The largest absolute Gasteiger partial charge is 0.417 e. The molecular weight excluding hydrogens is 543 g/mol. The summed E-state index contributed by atoms with van der Waals surface area (Å²) in [6, 6.07) is 8.95. The summed E-state index contributed by atoms with van der Waals surface area (Å²) in [7, 11) is -4.19. The van der Waals surface area contributed by atoms with Crippen molar-refractivity contribution in [2.75, 3.05) is 17.1 Å². The first-order valence-electron chi connectivity index (χ1n) is 12.2. The number of aryl methyl sites for hydroxylation is 1. The molecule has 2 amide bonds. The number of anilines is 1. The maximum atomic E-state index is 13.6. The molecule has 0 aromatic heterocycles. The summed E-state index contributed by atoms with van der Waals surface area (Å²) < 4.78 is 66.2. The van der Waals surface area contributed by atoms with Gasteiger partial charge in [0.1, 0.15) is 12.6 Å². The average Bonchev–Trinajstić information content (AvgIpc) is 3.33. The predicted molar refractivity (Wildman–Crippen MR) is 140 cm³/mol. The Morgan fingerprint density at radius 1 is 1.11 bits per heavy atom. The van der Waals surface area contributed by atoms with E-state index in [9.17, 15) is 31.2 Å². The van der Waals surface area contributed by atoms with Crippen molar-refractivity contribution in [1.29, 1.82) is 0 Å². The molecule has 208 valence electrons. The van der Waals surface area contributed by atoms with Gasteiger partial charge in [0.15, 0.2) is 0 Å². The van der Waals surface area contributed by atoms with E-state index in [-0.39, 0.29) is 24.2 Å². The summed E-state index contributed by atoms with van der Waals surface area (Å²) in [4.78, 5) is 27.9. The molecule has 1 N–H and O–H groups in total. The van der Waals surface area contributed by atoms with Crippen LogP contribution in [0.3, 0.4) is 0 Å². The molecule has 0 heterocycles. The van der Waals surface area contributed by atoms with Gasteiger partial charge in [0, 0.05) is 12.6 Å². The number of carbonyl (C=O) groups excluding carboxylic acids is 2. The van der Waals surface area contributed by atoms with Crippen LogP contribution in [0, 0.1) is 6.92 Å². The molecule has 12 heteroatoms. The zero-order valence-corrected chi connectivity index (χ0v) is 23.0. The SMILES string of the molecule is Cc1ccc(CN(C(=O)CN(c2ccc(Cl)c(C(F)(F)F)c2)S(C)(=O)=O)C(C)C(=O)NC2CCCC2)cc1. The van der Waals surface area contributed by atoms with Crippen LogP contribution in [0.5, 0.6) is 0 Å². The van der Waals surface area contributed by atoms with Crippen LogP contribution in [0.2, 0.25) is 5.02 Å². The summed E-state index contributed by atoms with van der Waals surface area (Å²) in [6.07, 6.45) is -0.368. The standard InChI is InChI=1S/C26H31ClF3N3O4S/c1-17-8-10-19(11-9-17)15-32(18(2)25(35)31-20-6-4-5-7-20)24(34)16-33(38(3,36)37)21-12-13-23(27)22(14-21)26(28,29)30/h8-14,18,20H,4-7,15-16H2,1-3H3,(H,31,35). The minimum Gasteiger partial charge on any atom is -0.352 e. The fraction of sp³-hybridized carbons (Fsp3) is 0.462. The van der Waals surface area contributed by atoms with E-state index in [1.807, 2.05) is 19.1 Å². The van der Waals surface area contributed by atoms with Crippen LogP contribution in [-0.4, -0.2) is 50.0 Å². The van der Waals surface area contributed by atoms with Crippen molar-refractivity contribution in [3.8, 4) is 0 Å². The molecular formula is C26H31ClF3N3O4S. The maximum absolute atomic E-state index is 13.6. The van der Waals surface area contributed by atoms with Crippen LogP contribution in [0.15, 0.2) is 42.5 Å². The first-order valence-corrected chi connectivity index (χ1v) is 14.4. The van der Waals surface area contributed by atoms with Crippen LogP contribution in [0.25, 0.3) is 0 Å². The first kappa shape index (κ1) is 29.8. The predicted octanol–water partition coefficient (Wildman–Crippen LogP) is 4.91. The van der Waals surface area contributed by atoms with Crippen molar-refractivity contribution in [3.63, 3.8) is 0 Å². The van der Waals surface area contributed by atoms with Crippen LogP contribution in [-0.2, 0) is 32.3 Å². The number of alkyl halides is 3. The quantitative estimate of drug-likeness (QED) is 0.462. The minimum atomic E-state index is -4.83. The fourth-order valence-corrected chi connectivity index (χ4v) is 5.43. The zero-order valence-electron chi connectivity index (χ0n) is 21.4. The molecule has 2 aromatic carbocycles. The number of amides is 2. The summed E-state index contributed by atoms with van der Waals surface area (Å²) in [5, 5.41) is 2.35. The lowest BCUT2D eigenvalue weighted by Crippen LogP contribution is -2.52. The number of rotatable bonds is 9. The van der Waals surface area contributed by atoms with Crippen molar-refractivity contribution in [2.24, 2.45) is 0 Å². The number of sulfonamides is 1. The van der Waals surface area contributed by atoms with Gasteiger partial charge in [-0.15, -0.1) is 0 Å². The molecule has 38 heavy (non-hydrogen) atoms. The van der Waals surface area contributed by atoms with E-state index in [1.54, 1.807) is 19.1 Å². The molecule has 0 saturated heterocycles. The van der Waals surface area contributed by atoms with Gasteiger partial charge in [0.2, 0.25) is 21.8 Å². The number of carbonyl (C=O) groups is 2. The highest BCUT2D eigenvalue weighted by Crippen LogP contribution is 2.37. The third kappa shape index (κ3) is 7.63. The van der Waals surface area contributed by atoms with Gasteiger partial charge in [-0.05, 0) is 50.5 Å². The van der Waals surface area contributed by atoms with Crippen LogP contribution >= 0.6 is 11.6 Å². The van der Waals surface area contributed by atoms with E-state index in [2.05, 4.69) is 5.32 Å². The van der Waals surface area contributed by atoms with E-state index in [4.69, 9.17) is 11.6 Å². The van der Waals surface area contributed by atoms with Gasteiger partial charge < -0.3 is 10.2 Å². The van der Waals surface area contributed by atoms with Crippen molar-refractivity contribution in [3.05, 3.63) is 64.2 Å². The van der Waals surface area contributed by atoms with Gasteiger partial charge in [0.05, 0.1) is 22.5 Å². The Kier molecular flexibility index (Phi) is 9.35. The number of hydrogen-bond acceptors (Lipinski definition) is 4. The molecule has 0 radical (unpaired) electrons. The lowest BCUT2D eigenvalue weighted by molar-refractivity contribution is -0.139. The molecule has 7 nitrogen and oxygen atoms in total. The molecule has 3 rings (SSSR count). The van der Waals surface area contributed by atoms with Crippen molar-refractivity contribution in [1.82, 2.24) is 10.2 Å². The molecule has 2 aromatic rings. The third-order valence-corrected chi connectivity index (χ3v) is 8.04. The van der Waals surface area contributed by atoms with Gasteiger partial charge in [0.25, 0.3) is 0 Å². The molecule has 1 atom stereocenters. The van der Waals surface area contributed by atoms with Crippen molar-refractivity contribution >= 4 is 39.1 Å². The Labute approximate surface area is 226 Å². The molecule has 1 unspecified atom stereocenters. The summed E-state index contributed by atoms with van der Waals surface area (Å²) >= 11 is 5.70. The van der Waals surface area contributed by atoms with Crippen LogP contribution in [0.4, 0.5) is 18.9 Å². The highest BCUT2D eigenvalue weighted by Gasteiger charge is 2.36. The summed E-state index contributed by atoms with van der Waals surface area (Å²) in [5.74, 6) is -1.12. The molecule has 0 spiro atoms. The molecule has 0 aliphatic heterocycles. The second-order valence-electron chi connectivity index (χ2n) is 9.60. The Bertz CT molecular complexity index is 1260. The minimum absolute atomic E-state index is 0.00338. The first-order chi connectivity index (χ1) is 17.7. The lowest BCUT2D eigenvalue weighted by Gasteiger charge is -2.32. The molecule has 1 aliphatic carbocycles. The topological polar surface area (TPSA) is 86.8 Å². The van der Waals surface area contributed by atoms with Crippen LogP contribution in [0.1, 0.15) is 49.3 Å². The average molecular weight is 574 g/mol. The van der Waals surface area contributed by atoms with E-state index in [0.717, 1.165) is 49.6 Å².